The number of nitrogen functional groups attached to an aromatic ring is 1. The van der Waals surface area contributed by atoms with Gasteiger partial charge >= 0.3 is 0 Å². The van der Waals surface area contributed by atoms with Gasteiger partial charge in [0.1, 0.15) is 22.0 Å². The van der Waals surface area contributed by atoms with Gasteiger partial charge in [-0.25, -0.2) is 18.4 Å². The molecule has 0 saturated carbocycles. The largest absolute Gasteiger partial charge is 0.463 e. The minimum Gasteiger partial charge on any atom is -0.463 e. The molecule has 0 amide bonds. The van der Waals surface area contributed by atoms with Gasteiger partial charge < -0.3 is 10.2 Å². The van der Waals surface area contributed by atoms with E-state index in [-0.39, 0.29) is 26.8 Å². The predicted octanol–water partition coefficient (Wildman–Crippen LogP) is 3.78. The van der Waals surface area contributed by atoms with Crippen LogP contribution in [0.1, 0.15) is 11.3 Å². The predicted molar refractivity (Wildman–Crippen MR) is 118 cm³/mol. The number of nitrogens with two attached hydrogens (primary N) is 1. The highest BCUT2D eigenvalue weighted by molar-refractivity contribution is 7.92. The Labute approximate surface area is 177 Å². The SMILES string of the molecule is Cc1cccc(S(=O)(=O)c2c(N)n(N=Cc3ccco3)c3nc4ccccc4nc23)c1. The molecule has 31 heavy (non-hydrogen) atoms. The third kappa shape index (κ3) is 3.15. The van der Waals surface area contributed by atoms with E-state index < -0.39 is 9.84 Å². The summed E-state index contributed by atoms with van der Waals surface area (Å²) in [4.78, 5) is 9.18. The number of hydrogen-bond acceptors (Lipinski definition) is 7. The first-order chi connectivity index (χ1) is 14.9. The topological polar surface area (TPSA) is 116 Å². The first kappa shape index (κ1) is 19.0. The van der Waals surface area contributed by atoms with Crippen molar-refractivity contribution in [2.75, 3.05) is 5.73 Å². The Morgan fingerprint density at radius 3 is 2.52 bits per heavy atom. The molecule has 3 heterocycles. The molecule has 0 saturated heterocycles. The van der Waals surface area contributed by atoms with E-state index in [2.05, 4.69) is 15.1 Å². The number of benzene rings is 2. The zero-order chi connectivity index (χ0) is 21.6. The Bertz CT molecular complexity index is 1570. The zero-order valence-corrected chi connectivity index (χ0v) is 17.2. The van der Waals surface area contributed by atoms with Gasteiger partial charge in [0.25, 0.3) is 0 Å². The minimum atomic E-state index is -3.98. The van der Waals surface area contributed by atoms with E-state index in [0.717, 1.165) is 5.56 Å². The van der Waals surface area contributed by atoms with Crippen LogP contribution in [0.25, 0.3) is 22.2 Å². The van der Waals surface area contributed by atoms with Gasteiger partial charge in [-0.2, -0.15) is 9.78 Å². The summed E-state index contributed by atoms with van der Waals surface area (Å²) >= 11 is 0. The quantitative estimate of drug-likeness (QED) is 0.433. The summed E-state index contributed by atoms with van der Waals surface area (Å²) in [6.45, 7) is 1.83. The van der Waals surface area contributed by atoms with Gasteiger partial charge in [-0.1, -0.05) is 24.3 Å². The van der Waals surface area contributed by atoms with Crippen LogP contribution in [0.15, 0.2) is 86.2 Å². The van der Waals surface area contributed by atoms with Crippen molar-refractivity contribution < 1.29 is 12.8 Å². The lowest BCUT2D eigenvalue weighted by Crippen LogP contribution is -2.07. The van der Waals surface area contributed by atoms with E-state index in [4.69, 9.17) is 10.2 Å². The van der Waals surface area contributed by atoms with Gasteiger partial charge in [0.15, 0.2) is 5.65 Å². The summed E-state index contributed by atoms with van der Waals surface area (Å²) in [6, 6.07) is 17.3. The van der Waals surface area contributed by atoms with E-state index in [0.29, 0.717) is 16.8 Å². The van der Waals surface area contributed by atoms with E-state index in [1.54, 1.807) is 36.4 Å². The average Bonchev–Trinajstić information content (AvgIpc) is 3.36. The lowest BCUT2D eigenvalue weighted by Gasteiger charge is -2.05. The van der Waals surface area contributed by atoms with Crippen molar-refractivity contribution in [3.05, 3.63) is 78.3 Å². The Morgan fingerprint density at radius 1 is 1.03 bits per heavy atom. The van der Waals surface area contributed by atoms with Gasteiger partial charge in [-0.15, -0.1) is 0 Å². The monoisotopic (exact) mass is 431 g/mol. The molecule has 0 unspecified atom stereocenters. The van der Waals surface area contributed by atoms with Crippen molar-refractivity contribution in [2.45, 2.75) is 16.7 Å². The maximum Gasteiger partial charge on any atom is 0.212 e. The highest BCUT2D eigenvalue weighted by Gasteiger charge is 2.30. The second kappa shape index (κ2) is 7.06. The molecular formula is C22H17N5O3S. The van der Waals surface area contributed by atoms with Gasteiger partial charge in [-0.05, 0) is 48.9 Å². The summed E-state index contributed by atoms with van der Waals surface area (Å²) in [5.41, 5.74) is 8.71. The van der Waals surface area contributed by atoms with Crippen molar-refractivity contribution in [1.82, 2.24) is 14.6 Å². The molecule has 0 atom stereocenters. The summed E-state index contributed by atoms with van der Waals surface area (Å²) < 4.78 is 33.7. The van der Waals surface area contributed by atoms with E-state index in [1.807, 2.05) is 25.1 Å². The van der Waals surface area contributed by atoms with Crippen LogP contribution in [0, 0.1) is 6.92 Å². The van der Waals surface area contributed by atoms with E-state index in [1.165, 1.54) is 23.2 Å². The molecule has 0 bridgehead atoms. The summed E-state index contributed by atoms with van der Waals surface area (Å²) in [6.07, 6.45) is 2.95. The normalized spacial score (nSPS) is 12.3. The number of rotatable bonds is 4. The number of hydrogen-bond donors (Lipinski definition) is 1. The first-order valence-corrected chi connectivity index (χ1v) is 10.9. The molecular weight excluding hydrogens is 414 g/mol. The second-order valence-corrected chi connectivity index (χ2v) is 8.88. The molecule has 0 radical (unpaired) electrons. The Balaban J connectivity index is 1.83. The molecule has 9 heteroatoms. The van der Waals surface area contributed by atoms with Gasteiger partial charge in [0, 0.05) is 0 Å². The fraction of sp³-hybridized carbons (Fsp3) is 0.0455. The lowest BCUT2D eigenvalue weighted by atomic mass is 10.2. The van der Waals surface area contributed by atoms with Crippen molar-refractivity contribution in [1.29, 1.82) is 0 Å². The third-order valence-corrected chi connectivity index (χ3v) is 6.66. The fourth-order valence-corrected chi connectivity index (χ4v) is 4.97. The van der Waals surface area contributed by atoms with Crippen LogP contribution < -0.4 is 5.73 Å². The smallest absolute Gasteiger partial charge is 0.212 e. The molecule has 0 fully saturated rings. The summed E-state index contributed by atoms with van der Waals surface area (Å²) in [5, 5.41) is 4.33. The Hall–Kier alpha value is -3.98. The minimum absolute atomic E-state index is 0.0744. The first-order valence-electron chi connectivity index (χ1n) is 9.41. The fourth-order valence-electron chi connectivity index (χ4n) is 3.38. The average molecular weight is 431 g/mol. The molecule has 0 aliphatic heterocycles. The molecule has 8 nitrogen and oxygen atoms in total. The molecule has 0 spiro atoms. The number of aryl methyl sites for hydroxylation is 1. The number of nitrogens with zero attached hydrogens (tertiary/aromatic N) is 4. The van der Waals surface area contributed by atoms with E-state index >= 15 is 0 Å². The van der Waals surface area contributed by atoms with Crippen LogP contribution >= 0.6 is 0 Å². The highest BCUT2D eigenvalue weighted by atomic mass is 32.2. The number of anilines is 1. The Morgan fingerprint density at radius 2 is 1.81 bits per heavy atom. The Kier molecular flexibility index (Phi) is 4.33. The number of fused-ring (bicyclic) bond motifs is 2. The lowest BCUT2D eigenvalue weighted by molar-refractivity contribution is 0.559. The van der Waals surface area contributed by atoms with Gasteiger partial charge in [0.05, 0.1) is 28.4 Å². The number of para-hydroxylation sites is 2. The summed E-state index contributed by atoms with van der Waals surface area (Å²) in [5.74, 6) is 0.410. The van der Waals surface area contributed by atoms with Crippen LogP contribution in [0.5, 0.6) is 0 Å². The van der Waals surface area contributed by atoms with Crippen molar-refractivity contribution in [3.8, 4) is 0 Å². The molecule has 3 aromatic heterocycles. The molecule has 5 aromatic rings. The van der Waals surface area contributed by atoms with Crippen molar-refractivity contribution in [3.63, 3.8) is 0 Å². The third-order valence-electron chi connectivity index (χ3n) is 4.84. The molecule has 2 N–H and O–H groups in total. The highest BCUT2D eigenvalue weighted by Crippen LogP contribution is 2.35. The van der Waals surface area contributed by atoms with Crippen molar-refractivity contribution >= 4 is 44.1 Å². The molecule has 2 aromatic carbocycles. The summed E-state index contributed by atoms with van der Waals surface area (Å²) in [7, 11) is -3.98. The van der Waals surface area contributed by atoms with Crippen LogP contribution in [-0.2, 0) is 9.84 Å². The molecule has 154 valence electrons. The maximum atomic E-state index is 13.6. The van der Waals surface area contributed by atoms with Gasteiger partial charge in [-0.3, -0.25) is 0 Å². The van der Waals surface area contributed by atoms with Crippen molar-refractivity contribution in [2.24, 2.45) is 5.10 Å². The number of sulfone groups is 1. The van der Waals surface area contributed by atoms with Gasteiger partial charge in [0.2, 0.25) is 9.84 Å². The number of aromatic nitrogens is 3. The van der Waals surface area contributed by atoms with Crippen LogP contribution in [0.4, 0.5) is 5.82 Å². The second-order valence-electron chi connectivity index (χ2n) is 6.99. The van der Waals surface area contributed by atoms with Crippen LogP contribution in [0.2, 0.25) is 0 Å². The zero-order valence-electron chi connectivity index (χ0n) is 16.4. The molecule has 5 rings (SSSR count). The van der Waals surface area contributed by atoms with E-state index in [9.17, 15) is 8.42 Å². The van der Waals surface area contributed by atoms with Crippen LogP contribution in [-0.4, -0.2) is 29.3 Å². The van der Waals surface area contributed by atoms with Crippen LogP contribution in [0.3, 0.4) is 0 Å². The maximum absolute atomic E-state index is 13.6. The number of furan rings is 1. The standard InChI is InChI=1S/C22H17N5O3S/c1-14-6-4-8-16(12-14)31(28,29)20-19-22(26-18-10-3-2-9-17(18)25-19)27(21(20)23)24-13-15-7-5-11-30-15/h2-13H,23H2,1H3. The molecule has 0 aliphatic carbocycles. The molecule has 0 aliphatic rings.